The highest BCUT2D eigenvalue weighted by Crippen LogP contribution is 2.29. The quantitative estimate of drug-likeness (QED) is 0.684. The number of benzene rings is 1. The lowest BCUT2D eigenvalue weighted by Gasteiger charge is -2.33. The number of nitrogens with one attached hydrogen (secondary N) is 1. The molecule has 7 heteroatoms. The van der Waals surface area contributed by atoms with E-state index in [2.05, 4.69) is 12.2 Å². The lowest BCUT2D eigenvalue weighted by molar-refractivity contribution is -0.384. The molecule has 0 aromatic heterocycles. The highest BCUT2D eigenvalue weighted by molar-refractivity contribution is 6.34. The summed E-state index contributed by atoms with van der Waals surface area (Å²) >= 11 is 5.94. The third kappa shape index (κ3) is 3.92. The molecule has 0 saturated carbocycles. The second-order valence-corrected chi connectivity index (χ2v) is 5.93. The number of ether oxygens (including phenoxy) is 1. The number of nitrogens with zero attached hydrogens (tertiary/aromatic N) is 1. The predicted molar refractivity (Wildman–Crippen MR) is 78.6 cm³/mol. The van der Waals surface area contributed by atoms with Gasteiger partial charge in [0.15, 0.2) is 0 Å². The Morgan fingerprint density at radius 2 is 2.14 bits per heavy atom. The number of halogens is 1. The Balaban J connectivity index is 2.01. The molecule has 1 heterocycles. The van der Waals surface area contributed by atoms with Gasteiger partial charge in [0.2, 0.25) is 0 Å². The highest BCUT2D eigenvalue weighted by Gasteiger charge is 2.28. The maximum absolute atomic E-state index is 12.1. The molecule has 1 aromatic carbocycles. The summed E-state index contributed by atoms with van der Waals surface area (Å²) in [5, 5.41) is 13.6. The maximum atomic E-state index is 12.1. The number of hydrogen-bond acceptors (Lipinski definition) is 4. The molecule has 2 rings (SSSR count). The van der Waals surface area contributed by atoms with Crippen molar-refractivity contribution in [2.24, 2.45) is 5.41 Å². The normalized spacial score (nSPS) is 17.2. The van der Waals surface area contributed by atoms with Crippen molar-refractivity contribution in [3.63, 3.8) is 0 Å². The lowest BCUT2D eigenvalue weighted by atomic mass is 9.82. The Labute approximate surface area is 127 Å². The molecule has 0 atom stereocenters. The number of rotatable bonds is 4. The minimum Gasteiger partial charge on any atom is -0.381 e. The van der Waals surface area contributed by atoms with E-state index in [1.54, 1.807) is 0 Å². The third-order valence-corrected chi connectivity index (χ3v) is 4.10. The summed E-state index contributed by atoms with van der Waals surface area (Å²) < 4.78 is 5.31. The monoisotopic (exact) mass is 312 g/mol. The molecule has 1 amide bonds. The van der Waals surface area contributed by atoms with Crippen molar-refractivity contribution < 1.29 is 14.5 Å². The van der Waals surface area contributed by atoms with Crippen LogP contribution >= 0.6 is 11.6 Å². The first-order valence-corrected chi connectivity index (χ1v) is 7.09. The van der Waals surface area contributed by atoms with Crippen LogP contribution < -0.4 is 5.32 Å². The molecular weight excluding hydrogens is 296 g/mol. The van der Waals surface area contributed by atoms with E-state index in [1.165, 1.54) is 18.2 Å². The Morgan fingerprint density at radius 3 is 2.71 bits per heavy atom. The molecule has 6 nitrogen and oxygen atoms in total. The molecular formula is C14H17ClN2O4. The Hall–Kier alpha value is -1.66. The molecule has 0 bridgehead atoms. The second kappa shape index (κ2) is 6.41. The van der Waals surface area contributed by atoms with Gasteiger partial charge in [0.25, 0.3) is 11.6 Å². The predicted octanol–water partition coefficient (Wildman–Crippen LogP) is 2.79. The van der Waals surface area contributed by atoms with Gasteiger partial charge in [0.05, 0.1) is 15.5 Å². The van der Waals surface area contributed by atoms with E-state index in [1.807, 2.05) is 0 Å². The third-order valence-electron chi connectivity index (χ3n) is 3.78. The van der Waals surface area contributed by atoms with Crippen molar-refractivity contribution in [2.75, 3.05) is 19.8 Å². The SMILES string of the molecule is CC1(CNC(=O)c2ccc([N+](=O)[O-])cc2Cl)CCOCC1. The van der Waals surface area contributed by atoms with Crippen molar-refractivity contribution in [3.05, 3.63) is 38.9 Å². The van der Waals surface area contributed by atoms with Gasteiger partial charge in [0, 0.05) is 31.9 Å². The number of amides is 1. The van der Waals surface area contributed by atoms with Gasteiger partial charge in [0.1, 0.15) is 0 Å². The fourth-order valence-corrected chi connectivity index (χ4v) is 2.49. The van der Waals surface area contributed by atoms with Gasteiger partial charge in [-0.3, -0.25) is 14.9 Å². The van der Waals surface area contributed by atoms with Crippen LogP contribution in [0.1, 0.15) is 30.1 Å². The summed E-state index contributed by atoms with van der Waals surface area (Å²) in [7, 11) is 0. The summed E-state index contributed by atoms with van der Waals surface area (Å²) in [5.41, 5.74) is 0.132. The maximum Gasteiger partial charge on any atom is 0.270 e. The van der Waals surface area contributed by atoms with Gasteiger partial charge in [-0.2, -0.15) is 0 Å². The number of nitro groups is 1. The van der Waals surface area contributed by atoms with Crippen molar-refractivity contribution in [2.45, 2.75) is 19.8 Å². The first-order chi connectivity index (χ1) is 9.91. The molecule has 0 unspecified atom stereocenters. The summed E-state index contributed by atoms with van der Waals surface area (Å²) in [4.78, 5) is 22.2. The van der Waals surface area contributed by atoms with E-state index in [-0.39, 0.29) is 27.6 Å². The molecule has 0 radical (unpaired) electrons. The Bertz CT molecular complexity index is 556. The number of nitro benzene ring substituents is 1. The number of hydrogen-bond donors (Lipinski definition) is 1. The second-order valence-electron chi connectivity index (χ2n) is 5.53. The standard InChI is InChI=1S/C14H17ClN2O4/c1-14(4-6-21-7-5-14)9-16-13(18)11-3-2-10(17(19)20)8-12(11)15/h2-3,8H,4-7,9H2,1H3,(H,16,18). The zero-order chi connectivity index (χ0) is 15.5. The summed E-state index contributed by atoms with van der Waals surface area (Å²) in [5.74, 6) is -0.317. The molecule has 1 aliphatic heterocycles. The van der Waals surface area contributed by atoms with Gasteiger partial charge in [-0.1, -0.05) is 18.5 Å². The zero-order valence-electron chi connectivity index (χ0n) is 11.7. The van der Waals surface area contributed by atoms with Crippen LogP contribution in [0.4, 0.5) is 5.69 Å². The van der Waals surface area contributed by atoms with Crippen molar-refractivity contribution in [3.8, 4) is 0 Å². The molecule has 1 saturated heterocycles. The number of non-ortho nitro benzene ring substituents is 1. The van der Waals surface area contributed by atoms with Crippen LogP contribution in [-0.2, 0) is 4.74 Å². The minimum absolute atomic E-state index is 0.0150. The molecule has 0 spiro atoms. The minimum atomic E-state index is -0.545. The molecule has 114 valence electrons. The average molecular weight is 313 g/mol. The lowest BCUT2D eigenvalue weighted by Crippen LogP contribution is -2.39. The smallest absolute Gasteiger partial charge is 0.270 e. The van der Waals surface area contributed by atoms with Gasteiger partial charge in [-0.15, -0.1) is 0 Å². The zero-order valence-corrected chi connectivity index (χ0v) is 12.5. The first kappa shape index (κ1) is 15.7. The van der Waals surface area contributed by atoms with Crippen LogP contribution in [0.15, 0.2) is 18.2 Å². The van der Waals surface area contributed by atoms with Crippen LogP contribution in [0.2, 0.25) is 5.02 Å². The number of carbonyl (C=O) groups excluding carboxylic acids is 1. The molecule has 1 N–H and O–H groups in total. The van der Waals surface area contributed by atoms with Gasteiger partial charge < -0.3 is 10.1 Å². The van der Waals surface area contributed by atoms with Crippen LogP contribution in [0.25, 0.3) is 0 Å². The molecule has 1 aliphatic rings. The van der Waals surface area contributed by atoms with E-state index < -0.39 is 4.92 Å². The summed E-state index contributed by atoms with van der Waals surface area (Å²) in [6, 6.07) is 3.84. The van der Waals surface area contributed by atoms with Gasteiger partial charge in [-0.05, 0) is 24.3 Å². The van der Waals surface area contributed by atoms with Crippen LogP contribution in [-0.4, -0.2) is 30.6 Å². The van der Waals surface area contributed by atoms with Crippen LogP contribution in [0, 0.1) is 15.5 Å². The molecule has 21 heavy (non-hydrogen) atoms. The van der Waals surface area contributed by atoms with Crippen molar-refractivity contribution >= 4 is 23.2 Å². The largest absolute Gasteiger partial charge is 0.381 e. The van der Waals surface area contributed by atoms with E-state index in [9.17, 15) is 14.9 Å². The van der Waals surface area contributed by atoms with Crippen molar-refractivity contribution in [1.82, 2.24) is 5.32 Å². The highest BCUT2D eigenvalue weighted by atomic mass is 35.5. The average Bonchev–Trinajstić information content (AvgIpc) is 2.45. The topological polar surface area (TPSA) is 81.5 Å². The van der Waals surface area contributed by atoms with E-state index in [4.69, 9.17) is 16.3 Å². The molecule has 1 fully saturated rings. The van der Waals surface area contributed by atoms with Crippen LogP contribution in [0.5, 0.6) is 0 Å². The number of carbonyl (C=O) groups is 1. The van der Waals surface area contributed by atoms with E-state index in [0.29, 0.717) is 19.8 Å². The van der Waals surface area contributed by atoms with Crippen LogP contribution in [0.3, 0.4) is 0 Å². The molecule has 0 aliphatic carbocycles. The van der Waals surface area contributed by atoms with Crippen molar-refractivity contribution in [1.29, 1.82) is 0 Å². The van der Waals surface area contributed by atoms with Gasteiger partial charge >= 0.3 is 0 Å². The Morgan fingerprint density at radius 1 is 1.48 bits per heavy atom. The van der Waals surface area contributed by atoms with Gasteiger partial charge in [-0.25, -0.2) is 0 Å². The molecule has 1 aromatic rings. The van der Waals surface area contributed by atoms with E-state index in [0.717, 1.165) is 12.8 Å². The fraction of sp³-hybridized carbons (Fsp3) is 0.500. The Kier molecular flexibility index (Phi) is 4.80. The summed E-state index contributed by atoms with van der Waals surface area (Å²) in [6.07, 6.45) is 1.78. The first-order valence-electron chi connectivity index (χ1n) is 6.71. The fourth-order valence-electron chi connectivity index (χ4n) is 2.23. The summed E-state index contributed by atoms with van der Waals surface area (Å²) in [6.45, 7) is 4.03. The van der Waals surface area contributed by atoms with E-state index >= 15 is 0 Å².